The topological polar surface area (TPSA) is 66.5 Å². The van der Waals surface area contributed by atoms with Crippen LogP contribution >= 0.6 is 0 Å². The number of hydrogen-bond donors (Lipinski definition) is 1. The molecule has 0 aliphatic carbocycles. The van der Waals surface area contributed by atoms with E-state index >= 15 is 0 Å². The summed E-state index contributed by atoms with van der Waals surface area (Å²) in [6, 6.07) is 22.2. The van der Waals surface area contributed by atoms with Gasteiger partial charge in [0.05, 0.1) is 10.6 Å². The maximum absolute atomic E-state index is 13.5. The van der Waals surface area contributed by atoms with Crippen LogP contribution in [0.2, 0.25) is 0 Å². The Morgan fingerprint density at radius 3 is 2.19 bits per heavy atom. The first-order valence-corrected chi connectivity index (χ1v) is 12.1. The van der Waals surface area contributed by atoms with E-state index in [2.05, 4.69) is 5.32 Å². The zero-order valence-corrected chi connectivity index (χ0v) is 19.8. The number of sulfonamides is 1. The molecule has 0 saturated carbocycles. The van der Waals surface area contributed by atoms with Crippen LogP contribution in [-0.2, 0) is 14.8 Å². The van der Waals surface area contributed by atoms with Gasteiger partial charge in [-0.2, -0.15) is 0 Å². The van der Waals surface area contributed by atoms with Crippen molar-refractivity contribution in [2.45, 2.75) is 38.5 Å². The van der Waals surface area contributed by atoms with Crippen molar-refractivity contribution in [2.75, 3.05) is 17.4 Å². The maximum Gasteiger partial charge on any atom is 0.264 e. The number of carbonyl (C=O) groups is 1. The van der Waals surface area contributed by atoms with Gasteiger partial charge in [0.2, 0.25) is 5.91 Å². The first kappa shape index (κ1) is 23.5. The number of amides is 1. The Kier molecular flexibility index (Phi) is 7.36. The highest BCUT2D eigenvalue weighted by Crippen LogP contribution is 2.28. The standard InChI is InChI=1S/C26H30N2O3S/c1-19-11-14-24(15-12-19)32(30,31)28(25-16-20(2)10-13-21(25)3)18-26(29)27-17-22(4)23-8-6-5-7-9-23/h5-16,22H,17-18H2,1-4H3,(H,27,29)/t22-/m0/s1. The van der Waals surface area contributed by atoms with Gasteiger partial charge in [0, 0.05) is 6.54 Å². The summed E-state index contributed by atoms with van der Waals surface area (Å²) in [7, 11) is -3.92. The Hall–Kier alpha value is -3.12. The van der Waals surface area contributed by atoms with E-state index in [1.54, 1.807) is 30.3 Å². The SMILES string of the molecule is Cc1ccc(S(=O)(=O)N(CC(=O)NC[C@H](C)c2ccccc2)c2cc(C)ccc2C)cc1. The van der Waals surface area contributed by atoms with Crippen LogP contribution in [0.1, 0.15) is 35.1 Å². The van der Waals surface area contributed by atoms with E-state index < -0.39 is 10.0 Å². The lowest BCUT2D eigenvalue weighted by molar-refractivity contribution is -0.119. The number of rotatable bonds is 8. The molecular weight excluding hydrogens is 420 g/mol. The summed E-state index contributed by atoms with van der Waals surface area (Å²) in [6.07, 6.45) is 0. The summed E-state index contributed by atoms with van der Waals surface area (Å²) >= 11 is 0. The molecule has 1 atom stereocenters. The van der Waals surface area contributed by atoms with Crippen LogP contribution < -0.4 is 9.62 Å². The van der Waals surface area contributed by atoms with Crippen LogP contribution in [0.4, 0.5) is 5.69 Å². The molecule has 32 heavy (non-hydrogen) atoms. The molecule has 0 saturated heterocycles. The molecule has 5 nitrogen and oxygen atoms in total. The molecule has 0 heterocycles. The normalized spacial score (nSPS) is 12.2. The highest BCUT2D eigenvalue weighted by atomic mass is 32.2. The number of aryl methyl sites for hydroxylation is 3. The molecule has 0 aliphatic heterocycles. The lowest BCUT2D eigenvalue weighted by atomic mass is 10.0. The average Bonchev–Trinajstić information content (AvgIpc) is 2.78. The van der Waals surface area contributed by atoms with E-state index in [-0.39, 0.29) is 23.3 Å². The van der Waals surface area contributed by atoms with Crippen molar-refractivity contribution in [1.29, 1.82) is 0 Å². The van der Waals surface area contributed by atoms with Crippen molar-refractivity contribution in [3.63, 3.8) is 0 Å². The molecule has 3 aromatic carbocycles. The van der Waals surface area contributed by atoms with Crippen molar-refractivity contribution >= 4 is 21.6 Å². The summed E-state index contributed by atoms with van der Waals surface area (Å²) in [4.78, 5) is 13.0. The van der Waals surface area contributed by atoms with E-state index in [9.17, 15) is 13.2 Å². The maximum atomic E-state index is 13.5. The fourth-order valence-corrected chi connectivity index (χ4v) is 4.96. The quantitative estimate of drug-likeness (QED) is 0.540. The summed E-state index contributed by atoms with van der Waals surface area (Å²) in [5, 5.41) is 2.90. The first-order valence-electron chi connectivity index (χ1n) is 10.7. The van der Waals surface area contributed by atoms with Crippen molar-refractivity contribution < 1.29 is 13.2 Å². The number of carbonyl (C=O) groups excluding carboxylic acids is 1. The molecule has 0 aromatic heterocycles. The third-order valence-corrected chi connectivity index (χ3v) is 7.28. The van der Waals surface area contributed by atoms with Crippen LogP contribution in [0, 0.1) is 20.8 Å². The van der Waals surface area contributed by atoms with Gasteiger partial charge in [-0.1, -0.05) is 67.1 Å². The summed E-state index contributed by atoms with van der Waals surface area (Å²) in [6.45, 7) is 7.82. The van der Waals surface area contributed by atoms with Gasteiger partial charge in [-0.15, -0.1) is 0 Å². The third-order valence-electron chi connectivity index (χ3n) is 5.50. The highest BCUT2D eigenvalue weighted by molar-refractivity contribution is 7.92. The van der Waals surface area contributed by atoms with Gasteiger partial charge < -0.3 is 5.32 Å². The summed E-state index contributed by atoms with van der Waals surface area (Å²) in [5.41, 5.74) is 4.31. The van der Waals surface area contributed by atoms with Gasteiger partial charge in [-0.3, -0.25) is 9.10 Å². The fourth-order valence-electron chi connectivity index (χ4n) is 3.48. The van der Waals surface area contributed by atoms with Crippen LogP contribution in [0.3, 0.4) is 0 Å². The Labute approximate surface area is 191 Å². The Morgan fingerprint density at radius 2 is 1.53 bits per heavy atom. The molecule has 168 valence electrons. The smallest absolute Gasteiger partial charge is 0.264 e. The molecule has 3 rings (SSSR count). The molecule has 0 aliphatic rings. The predicted octanol–water partition coefficient (Wildman–Crippen LogP) is 4.73. The first-order chi connectivity index (χ1) is 15.2. The second kappa shape index (κ2) is 10.0. The lowest BCUT2D eigenvalue weighted by Gasteiger charge is -2.26. The zero-order valence-electron chi connectivity index (χ0n) is 19.0. The molecule has 0 radical (unpaired) electrons. The Balaban J connectivity index is 1.87. The van der Waals surface area contributed by atoms with Crippen LogP contribution in [0.5, 0.6) is 0 Å². The van der Waals surface area contributed by atoms with E-state index in [1.807, 2.05) is 70.2 Å². The second-order valence-corrected chi connectivity index (χ2v) is 10.1. The number of benzene rings is 3. The van der Waals surface area contributed by atoms with E-state index in [4.69, 9.17) is 0 Å². The van der Waals surface area contributed by atoms with E-state index in [0.717, 1.165) is 22.3 Å². The van der Waals surface area contributed by atoms with E-state index in [0.29, 0.717) is 12.2 Å². The predicted molar refractivity (Wildman–Crippen MR) is 129 cm³/mol. The molecule has 0 unspecified atom stereocenters. The highest BCUT2D eigenvalue weighted by Gasteiger charge is 2.28. The van der Waals surface area contributed by atoms with Gasteiger partial charge in [-0.25, -0.2) is 8.42 Å². The van der Waals surface area contributed by atoms with E-state index in [1.165, 1.54) is 4.31 Å². The van der Waals surface area contributed by atoms with Crippen LogP contribution in [0.15, 0.2) is 77.7 Å². The number of hydrogen-bond acceptors (Lipinski definition) is 3. The lowest BCUT2D eigenvalue weighted by Crippen LogP contribution is -2.42. The number of anilines is 1. The van der Waals surface area contributed by atoms with Crippen molar-refractivity contribution in [3.05, 3.63) is 95.1 Å². The Morgan fingerprint density at radius 1 is 0.906 bits per heavy atom. The van der Waals surface area contributed by atoms with Gasteiger partial charge in [0.25, 0.3) is 10.0 Å². The van der Waals surface area contributed by atoms with Crippen molar-refractivity contribution in [3.8, 4) is 0 Å². The van der Waals surface area contributed by atoms with Gasteiger partial charge in [0.15, 0.2) is 0 Å². The third kappa shape index (κ3) is 5.56. The minimum atomic E-state index is -3.92. The molecule has 6 heteroatoms. The Bertz CT molecular complexity index is 1170. The minimum absolute atomic E-state index is 0.114. The second-order valence-electron chi connectivity index (χ2n) is 8.23. The molecule has 0 fully saturated rings. The molecule has 1 amide bonds. The fraction of sp³-hybridized carbons (Fsp3) is 0.269. The largest absolute Gasteiger partial charge is 0.354 e. The average molecular weight is 451 g/mol. The van der Waals surface area contributed by atoms with Gasteiger partial charge in [0.1, 0.15) is 6.54 Å². The monoisotopic (exact) mass is 450 g/mol. The molecule has 1 N–H and O–H groups in total. The van der Waals surface area contributed by atoms with Crippen LogP contribution in [-0.4, -0.2) is 27.4 Å². The molecule has 0 bridgehead atoms. The zero-order chi connectivity index (χ0) is 23.3. The minimum Gasteiger partial charge on any atom is -0.354 e. The molecule has 0 spiro atoms. The van der Waals surface area contributed by atoms with Crippen LogP contribution in [0.25, 0.3) is 0 Å². The summed E-state index contributed by atoms with van der Waals surface area (Å²) < 4.78 is 28.3. The van der Waals surface area contributed by atoms with Gasteiger partial charge >= 0.3 is 0 Å². The van der Waals surface area contributed by atoms with Crippen molar-refractivity contribution in [2.24, 2.45) is 0 Å². The number of nitrogens with one attached hydrogen (secondary N) is 1. The molecular formula is C26H30N2O3S. The van der Waals surface area contributed by atoms with Crippen molar-refractivity contribution in [1.82, 2.24) is 5.32 Å². The summed E-state index contributed by atoms with van der Waals surface area (Å²) in [5.74, 6) is -0.229. The molecule has 3 aromatic rings. The van der Waals surface area contributed by atoms with Gasteiger partial charge in [-0.05, 0) is 61.6 Å². The number of nitrogens with zero attached hydrogens (tertiary/aromatic N) is 1.